The van der Waals surface area contributed by atoms with Crippen LogP contribution in [0.25, 0.3) is 0 Å². The Morgan fingerprint density at radius 2 is 1.42 bits per heavy atom. The Morgan fingerprint density at radius 1 is 0.917 bits per heavy atom. The van der Waals surface area contributed by atoms with Crippen molar-refractivity contribution >= 4 is 11.9 Å². The van der Waals surface area contributed by atoms with E-state index in [1.165, 1.54) is 70.6 Å². The molecule has 1 rings (SSSR count). The third-order valence-electron chi connectivity index (χ3n) is 4.65. The van der Waals surface area contributed by atoms with Crippen molar-refractivity contribution in [1.82, 2.24) is 0 Å². The summed E-state index contributed by atoms with van der Waals surface area (Å²) in [6.07, 6.45) is 17.0. The molecular weight excluding hydrogens is 304 g/mol. The predicted octanol–water partition coefficient (Wildman–Crippen LogP) is 5.33. The standard InChI is InChI=1S/C20H36O4/c1-2-3-4-5-6-7-8-9-10-11-12-13-14-15-19(21)24-18-16-17-23-20(18)22/h18H,2-17H2,1H3/t18-/m0/s1. The van der Waals surface area contributed by atoms with Crippen LogP contribution in [0.1, 0.15) is 103 Å². The Bertz CT molecular complexity index is 341. The molecule has 0 bridgehead atoms. The number of carbonyl (C=O) groups is 2. The Kier molecular flexibility index (Phi) is 12.5. The van der Waals surface area contributed by atoms with Crippen molar-refractivity contribution in [2.75, 3.05) is 6.61 Å². The van der Waals surface area contributed by atoms with Gasteiger partial charge >= 0.3 is 11.9 Å². The van der Waals surface area contributed by atoms with E-state index in [2.05, 4.69) is 6.92 Å². The number of hydrogen-bond acceptors (Lipinski definition) is 4. The van der Waals surface area contributed by atoms with Gasteiger partial charge < -0.3 is 9.47 Å². The van der Waals surface area contributed by atoms with E-state index in [0.717, 1.165) is 12.8 Å². The molecule has 1 aliphatic heterocycles. The van der Waals surface area contributed by atoms with Gasteiger partial charge in [-0.25, -0.2) is 4.79 Å². The van der Waals surface area contributed by atoms with Crippen molar-refractivity contribution in [3.63, 3.8) is 0 Å². The number of rotatable bonds is 15. The number of ether oxygens (including phenoxy) is 2. The van der Waals surface area contributed by atoms with Crippen LogP contribution in [0.3, 0.4) is 0 Å². The van der Waals surface area contributed by atoms with Crippen LogP contribution >= 0.6 is 0 Å². The molecule has 1 aliphatic rings. The fourth-order valence-electron chi connectivity index (χ4n) is 3.09. The summed E-state index contributed by atoms with van der Waals surface area (Å²) in [7, 11) is 0. The van der Waals surface area contributed by atoms with Crippen molar-refractivity contribution < 1.29 is 19.1 Å². The monoisotopic (exact) mass is 340 g/mol. The molecule has 24 heavy (non-hydrogen) atoms. The van der Waals surface area contributed by atoms with Gasteiger partial charge in [-0.2, -0.15) is 0 Å². The first-order chi connectivity index (χ1) is 11.7. The van der Waals surface area contributed by atoms with E-state index in [1.54, 1.807) is 0 Å². The van der Waals surface area contributed by atoms with E-state index in [9.17, 15) is 9.59 Å². The maximum absolute atomic E-state index is 11.6. The molecule has 0 unspecified atom stereocenters. The van der Waals surface area contributed by atoms with E-state index >= 15 is 0 Å². The van der Waals surface area contributed by atoms with Crippen molar-refractivity contribution in [3.8, 4) is 0 Å². The van der Waals surface area contributed by atoms with E-state index in [0.29, 0.717) is 19.4 Å². The number of hydrogen-bond donors (Lipinski definition) is 0. The van der Waals surface area contributed by atoms with Crippen molar-refractivity contribution in [1.29, 1.82) is 0 Å². The van der Waals surface area contributed by atoms with Gasteiger partial charge in [0, 0.05) is 12.8 Å². The van der Waals surface area contributed by atoms with Crippen LogP contribution in [0.15, 0.2) is 0 Å². The van der Waals surface area contributed by atoms with Crippen LogP contribution in [0.4, 0.5) is 0 Å². The van der Waals surface area contributed by atoms with Gasteiger partial charge in [0.05, 0.1) is 6.61 Å². The number of cyclic esters (lactones) is 1. The highest BCUT2D eigenvalue weighted by Crippen LogP contribution is 2.14. The summed E-state index contributed by atoms with van der Waals surface area (Å²) in [5.41, 5.74) is 0. The zero-order valence-electron chi connectivity index (χ0n) is 15.5. The number of unbranched alkanes of at least 4 members (excludes halogenated alkanes) is 12. The molecule has 0 spiro atoms. The minimum absolute atomic E-state index is 0.262. The lowest BCUT2D eigenvalue weighted by Gasteiger charge is -2.08. The zero-order valence-corrected chi connectivity index (χ0v) is 15.5. The molecule has 0 radical (unpaired) electrons. The van der Waals surface area contributed by atoms with Gasteiger partial charge in [0.1, 0.15) is 0 Å². The summed E-state index contributed by atoms with van der Waals surface area (Å²) in [6, 6.07) is 0. The maximum Gasteiger partial charge on any atom is 0.347 e. The van der Waals surface area contributed by atoms with E-state index in [-0.39, 0.29) is 5.97 Å². The van der Waals surface area contributed by atoms with Gasteiger partial charge in [0.2, 0.25) is 6.10 Å². The molecule has 0 aromatic rings. The highest BCUT2D eigenvalue weighted by Gasteiger charge is 2.29. The fraction of sp³-hybridized carbons (Fsp3) is 0.900. The first kappa shape index (κ1) is 21.0. The van der Waals surface area contributed by atoms with Crippen LogP contribution in [0.5, 0.6) is 0 Å². The predicted molar refractivity (Wildman–Crippen MR) is 95.8 cm³/mol. The Morgan fingerprint density at radius 3 is 1.88 bits per heavy atom. The number of esters is 2. The smallest absolute Gasteiger partial charge is 0.347 e. The van der Waals surface area contributed by atoms with Crippen molar-refractivity contribution in [2.45, 2.75) is 109 Å². The van der Waals surface area contributed by atoms with E-state index in [4.69, 9.17) is 9.47 Å². The van der Waals surface area contributed by atoms with Gasteiger partial charge in [0.25, 0.3) is 0 Å². The second-order valence-electron chi connectivity index (χ2n) is 6.93. The lowest BCUT2D eigenvalue weighted by atomic mass is 10.0. The summed E-state index contributed by atoms with van der Waals surface area (Å²) in [6.45, 7) is 2.63. The molecule has 0 aromatic carbocycles. The average molecular weight is 341 g/mol. The molecule has 0 saturated carbocycles. The van der Waals surface area contributed by atoms with Gasteiger partial charge in [-0.3, -0.25) is 4.79 Å². The van der Waals surface area contributed by atoms with Gasteiger partial charge in [-0.05, 0) is 6.42 Å². The molecule has 0 aliphatic carbocycles. The second-order valence-corrected chi connectivity index (χ2v) is 6.93. The molecule has 140 valence electrons. The average Bonchev–Trinajstić information content (AvgIpc) is 2.97. The summed E-state index contributed by atoms with van der Waals surface area (Å²) in [5.74, 6) is -0.657. The summed E-state index contributed by atoms with van der Waals surface area (Å²) in [4.78, 5) is 22.8. The summed E-state index contributed by atoms with van der Waals surface area (Å²) < 4.78 is 9.89. The second kappa shape index (κ2) is 14.3. The number of carbonyl (C=O) groups excluding carboxylic acids is 2. The first-order valence-electron chi connectivity index (χ1n) is 10.1. The molecule has 4 nitrogen and oxygen atoms in total. The largest absolute Gasteiger partial charge is 0.463 e. The highest BCUT2D eigenvalue weighted by atomic mass is 16.6. The molecule has 1 atom stereocenters. The molecule has 1 heterocycles. The molecule has 0 amide bonds. The van der Waals surface area contributed by atoms with Crippen LogP contribution < -0.4 is 0 Å². The van der Waals surface area contributed by atoms with Crippen LogP contribution in [0, 0.1) is 0 Å². The minimum Gasteiger partial charge on any atom is -0.463 e. The Balaban J connectivity index is 1.78. The molecule has 0 aromatic heterocycles. The van der Waals surface area contributed by atoms with E-state index in [1.807, 2.05) is 0 Å². The van der Waals surface area contributed by atoms with E-state index < -0.39 is 12.1 Å². The quantitative estimate of drug-likeness (QED) is 0.299. The van der Waals surface area contributed by atoms with Crippen LogP contribution in [-0.4, -0.2) is 24.6 Å². The van der Waals surface area contributed by atoms with Crippen LogP contribution in [0.2, 0.25) is 0 Å². The topological polar surface area (TPSA) is 52.6 Å². The molecule has 4 heteroatoms. The maximum atomic E-state index is 11.6. The molecular formula is C20H36O4. The minimum atomic E-state index is -0.653. The SMILES string of the molecule is CCCCCCCCCCCCCCCC(=O)O[C@H]1CCOC1=O. The molecule has 1 fully saturated rings. The van der Waals surface area contributed by atoms with Crippen LogP contribution in [-0.2, 0) is 19.1 Å². The molecule has 1 saturated heterocycles. The summed E-state index contributed by atoms with van der Waals surface area (Å²) in [5, 5.41) is 0. The third-order valence-corrected chi connectivity index (χ3v) is 4.65. The zero-order chi connectivity index (χ0) is 17.5. The van der Waals surface area contributed by atoms with Crippen molar-refractivity contribution in [3.05, 3.63) is 0 Å². The van der Waals surface area contributed by atoms with Gasteiger partial charge in [0.15, 0.2) is 0 Å². The Labute approximate surface area is 147 Å². The van der Waals surface area contributed by atoms with Gasteiger partial charge in [-0.15, -0.1) is 0 Å². The van der Waals surface area contributed by atoms with Gasteiger partial charge in [-0.1, -0.05) is 84.0 Å². The van der Waals surface area contributed by atoms with Crippen molar-refractivity contribution in [2.24, 2.45) is 0 Å². The lowest BCUT2D eigenvalue weighted by molar-refractivity contribution is -0.160. The molecule has 0 N–H and O–H groups in total. The Hall–Kier alpha value is -1.06. The third kappa shape index (κ3) is 10.7. The first-order valence-corrected chi connectivity index (χ1v) is 10.1. The fourth-order valence-corrected chi connectivity index (χ4v) is 3.09. The lowest BCUT2D eigenvalue weighted by Crippen LogP contribution is -2.22. The normalized spacial score (nSPS) is 17.0. The highest BCUT2D eigenvalue weighted by molar-refractivity contribution is 5.80. The summed E-state index contributed by atoms with van der Waals surface area (Å²) >= 11 is 0.